The molecule has 38 heavy (non-hydrogen) atoms. The molecule has 0 bridgehead atoms. The minimum Gasteiger partial charge on any atom is -0.379 e. The quantitative estimate of drug-likeness (QED) is 0.519. The van der Waals surface area contributed by atoms with Crippen molar-refractivity contribution in [1.29, 1.82) is 0 Å². The maximum Gasteiger partial charge on any atom is 0.416 e. The number of hydrogen-bond acceptors (Lipinski definition) is 5. The third-order valence-electron chi connectivity index (χ3n) is 6.85. The van der Waals surface area contributed by atoms with Crippen LogP contribution in [0.25, 0.3) is 10.9 Å². The first-order valence-electron chi connectivity index (χ1n) is 12.3. The number of carbonyl (C=O) groups is 2. The minimum atomic E-state index is -4.64. The third kappa shape index (κ3) is 5.36. The summed E-state index contributed by atoms with van der Waals surface area (Å²) in [6.07, 6.45) is -4.64. The van der Waals surface area contributed by atoms with Crippen LogP contribution in [0.4, 0.5) is 18.9 Å². The van der Waals surface area contributed by atoms with Crippen molar-refractivity contribution >= 4 is 28.4 Å². The number of benzene rings is 2. The molecule has 1 aliphatic rings. The number of alkyl halides is 3. The molecule has 2 N–H and O–H groups in total. The van der Waals surface area contributed by atoms with Gasteiger partial charge in [0.2, 0.25) is 5.91 Å². The highest BCUT2D eigenvalue weighted by Gasteiger charge is 2.36. The Morgan fingerprint density at radius 3 is 2.26 bits per heavy atom. The Kier molecular flexibility index (Phi) is 7.22. The number of carbonyl (C=O) groups excluding carboxylic acids is 2. The van der Waals surface area contributed by atoms with Crippen LogP contribution in [-0.4, -0.2) is 56.8 Å². The van der Waals surface area contributed by atoms with Gasteiger partial charge in [-0.2, -0.15) is 13.2 Å². The lowest BCUT2D eigenvalue weighted by Gasteiger charge is -2.44. The molecule has 0 saturated carbocycles. The maximum absolute atomic E-state index is 13.9. The highest BCUT2D eigenvalue weighted by atomic mass is 19.4. The van der Waals surface area contributed by atoms with E-state index in [0.717, 1.165) is 6.07 Å². The molecule has 0 radical (unpaired) electrons. The fraction of sp³-hybridized carbons (Fsp3) is 0.407. The predicted molar refractivity (Wildman–Crippen MR) is 138 cm³/mol. The van der Waals surface area contributed by atoms with Gasteiger partial charge >= 0.3 is 6.18 Å². The van der Waals surface area contributed by atoms with Crippen LogP contribution in [0, 0.1) is 6.92 Å². The minimum absolute atomic E-state index is 0.0230. The number of aromatic nitrogens is 2. The summed E-state index contributed by atoms with van der Waals surface area (Å²) in [5.74, 6) is 0.0222. The van der Waals surface area contributed by atoms with Crippen molar-refractivity contribution in [2.75, 3.05) is 18.4 Å². The van der Waals surface area contributed by atoms with E-state index < -0.39 is 23.3 Å². The summed E-state index contributed by atoms with van der Waals surface area (Å²) < 4.78 is 41.7. The van der Waals surface area contributed by atoms with Gasteiger partial charge in [-0.05, 0) is 69.7 Å². The first kappa shape index (κ1) is 27.2. The van der Waals surface area contributed by atoms with Gasteiger partial charge in [0.05, 0.1) is 16.5 Å². The molecule has 11 heteroatoms. The van der Waals surface area contributed by atoms with Crippen LogP contribution in [0.15, 0.2) is 41.2 Å². The van der Waals surface area contributed by atoms with E-state index in [1.54, 1.807) is 41.0 Å². The number of amides is 2. The number of aryl methyl sites for hydroxylation is 1. The highest BCUT2D eigenvalue weighted by Crippen LogP contribution is 2.37. The molecule has 0 unspecified atom stereocenters. The Bertz CT molecular complexity index is 1420. The average Bonchev–Trinajstić information content (AvgIpc) is 2.82. The van der Waals surface area contributed by atoms with Gasteiger partial charge in [-0.1, -0.05) is 0 Å². The number of halogens is 3. The molecule has 4 rings (SSSR count). The van der Waals surface area contributed by atoms with Crippen molar-refractivity contribution in [3.8, 4) is 0 Å². The monoisotopic (exact) mass is 529 g/mol. The second-order valence-corrected chi connectivity index (χ2v) is 9.88. The van der Waals surface area contributed by atoms with Crippen LogP contribution >= 0.6 is 0 Å². The summed E-state index contributed by atoms with van der Waals surface area (Å²) in [6, 6.07) is 7.60. The van der Waals surface area contributed by atoms with Crippen LogP contribution in [0.5, 0.6) is 0 Å². The zero-order chi connectivity index (χ0) is 27.9. The van der Waals surface area contributed by atoms with Crippen molar-refractivity contribution in [2.24, 2.45) is 0 Å². The van der Waals surface area contributed by atoms with Crippen molar-refractivity contribution < 1.29 is 22.8 Å². The van der Waals surface area contributed by atoms with Gasteiger partial charge in [0.1, 0.15) is 5.82 Å². The van der Waals surface area contributed by atoms with Crippen LogP contribution in [0.1, 0.15) is 61.0 Å². The predicted octanol–water partition coefficient (Wildman–Crippen LogP) is 4.50. The second-order valence-electron chi connectivity index (χ2n) is 9.88. The van der Waals surface area contributed by atoms with Crippen molar-refractivity contribution in [3.63, 3.8) is 0 Å². The number of hydrogen-bond donors (Lipinski definition) is 2. The molecular formula is C27H30F3N5O3. The number of piperazine rings is 1. The topological polar surface area (TPSA) is 98.4 Å². The van der Waals surface area contributed by atoms with E-state index in [1.165, 1.54) is 19.9 Å². The van der Waals surface area contributed by atoms with Gasteiger partial charge in [-0.25, -0.2) is 4.98 Å². The van der Waals surface area contributed by atoms with E-state index in [4.69, 9.17) is 0 Å². The maximum atomic E-state index is 13.9. The number of fused-ring (bicyclic) bond motifs is 1. The molecule has 2 aromatic carbocycles. The lowest BCUT2D eigenvalue weighted by atomic mass is 9.98. The molecule has 1 aliphatic heterocycles. The average molecular weight is 530 g/mol. The molecule has 8 nitrogen and oxygen atoms in total. The lowest BCUT2D eigenvalue weighted by Crippen LogP contribution is -2.59. The summed E-state index contributed by atoms with van der Waals surface area (Å²) in [4.78, 5) is 47.4. The molecule has 2 amide bonds. The van der Waals surface area contributed by atoms with Gasteiger partial charge in [0.25, 0.3) is 11.5 Å². The summed E-state index contributed by atoms with van der Waals surface area (Å²) in [7, 11) is 0. The van der Waals surface area contributed by atoms with Crippen molar-refractivity contribution in [1.82, 2.24) is 19.8 Å². The van der Waals surface area contributed by atoms with E-state index in [1.807, 2.05) is 13.8 Å². The van der Waals surface area contributed by atoms with Crippen molar-refractivity contribution in [2.45, 2.75) is 58.9 Å². The van der Waals surface area contributed by atoms with Crippen LogP contribution in [-0.2, 0) is 11.0 Å². The van der Waals surface area contributed by atoms with Gasteiger partial charge in [-0.3, -0.25) is 14.4 Å². The van der Waals surface area contributed by atoms with Gasteiger partial charge in [0, 0.05) is 49.4 Å². The number of nitrogens with one attached hydrogen (secondary N) is 2. The Hall–Kier alpha value is -3.89. The summed E-state index contributed by atoms with van der Waals surface area (Å²) in [6.45, 7) is 9.22. The van der Waals surface area contributed by atoms with Crippen LogP contribution in [0.2, 0.25) is 0 Å². The number of anilines is 1. The molecule has 1 aromatic heterocycles. The Morgan fingerprint density at radius 1 is 1.11 bits per heavy atom. The van der Waals surface area contributed by atoms with Crippen LogP contribution in [0.3, 0.4) is 0 Å². The number of nitrogens with zero attached hydrogens (tertiary/aromatic N) is 3. The van der Waals surface area contributed by atoms with E-state index in [0.29, 0.717) is 24.3 Å². The lowest BCUT2D eigenvalue weighted by molar-refractivity contribution is -0.138. The molecule has 2 heterocycles. The first-order chi connectivity index (χ1) is 17.8. The Balaban J connectivity index is 1.55. The highest BCUT2D eigenvalue weighted by molar-refractivity contribution is 5.95. The normalized spacial score (nSPS) is 18.9. The molecule has 1 saturated heterocycles. The van der Waals surface area contributed by atoms with E-state index >= 15 is 0 Å². The molecular weight excluding hydrogens is 499 g/mol. The zero-order valence-electron chi connectivity index (χ0n) is 21.8. The molecule has 3 aromatic rings. The molecule has 0 spiro atoms. The second kappa shape index (κ2) is 10.1. The fourth-order valence-corrected chi connectivity index (χ4v) is 5.25. The molecule has 0 aliphatic carbocycles. The summed E-state index contributed by atoms with van der Waals surface area (Å²) in [5.41, 5.74) is -0.541. The van der Waals surface area contributed by atoms with E-state index in [-0.39, 0.29) is 46.2 Å². The number of H-pyrrole nitrogens is 1. The van der Waals surface area contributed by atoms with Gasteiger partial charge in [0.15, 0.2) is 0 Å². The van der Waals surface area contributed by atoms with Gasteiger partial charge in [-0.15, -0.1) is 0 Å². The molecule has 3 atom stereocenters. The third-order valence-corrected chi connectivity index (χ3v) is 6.85. The standard InChI is InChI=1S/C27H30F3N5O3/c1-14-12-34(13-15(2)35(14)18(5)36)26(38)19-6-8-20(9-7-19)31-16(3)21-10-22-24(11-23(21)27(28,29)30)32-17(4)33-25(22)37/h6-11,14-16,31H,12-13H2,1-5H3,(H,32,33,37)/t14-,15+,16-/m0/s1. The van der Waals surface area contributed by atoms with E-state index in [2.05, 4.69) is 15.3 Å². The summed E-state index contributed by atoms with van der Waals surface area (Å²) >= 11 is 0. The van der Waals surface area contributed by atoms with Gasteiger partial charge < -0.3 is 20.1 Å². The molecule has 1 fully saturated rings. The smallest absolute Gasteiger partial charge is 0.379 e. The summed E-state index contributed by atoms with van der Waals surface area (Å²) in [5, 5.41) is 3.11. The number of rotatable bonds is 4. The van der Waals surface area contributed by atoms with Crippen LogP contribution < -0.4 is 10.9 Å². The largest absolute Gasteiger partial charge is 0.416 e. The zero-order valence-corrected chi connectivity index (χ0v) is 21.8. The molecule has 202 valence electrons. The fourth-order valence-electron chi connectivity index (χ4n) is 5.25. The SMILES string of the molecule is CC(=O)N1[C@H](C)CN(C(=O)c2ccc(N[C@@H](C)c3cc4c(=O)[nH]c(C)nc4cc3C(F)(F)F)cc2)C[C@@H]1C. The number of aromatic amines is 1. The van der Waals surface area contributed by atoms with Crippen molar-refractivity contribution in [3.05, 3.63) is 69.3 Å². The Morgan fingerprint density at radius 2 is 1.71 bits per heavy atom. The Labute approximate surface area is 217 Å². The first-order valence-corrected chi connectivity index (χ1v) is 12.3. The van der Waals surface area contributed by atoms with E-state index in [9.17, 15) is 27.6 Å².